The summed E-state index contributed by atoms with van der Waals surface area (Å²) >= 11 is 0. The highest BCUT2D eigenvalue weighted by Gasteiger charge is 2.26. The minimum Gasteiger partial charge on any atom is -0.342 e. The summed E-state index contributed by atoms with van der Waals surface area (Å²) in [5, 5.41) is 2.62. The predicted octanol–water partition coefficient (Wildman–Crippen LogP) is 0.221. The highest BCUT2D eigenvalue weighted by atomic mass is 32.2. The Balaban J connectivity index is 3.26. The Morgan fingerprint density at radius 2 is 1.94 bits per heavy atom. The zero-order chi connectivity index (χ0) is 13.1. The fraction of sp³-hybridized carbons (Fsp3) is 0.333. The fourth-order valence-corrected chi connectivity index (χ4v) is 2.65. The number of nitrogens with two attached hydrogens (primary N) is 1. The van der Waals surface area contributed by atoms with Crippen molar-refractivity contribution in [3.8, 4) is 0 Å². The van der Waals surface area contributed by atoms with E-state index >= 15 is 0 Å². The van der Waals surface area contributed by atoms with Crippen molar-refractivity contribution in [1.82, 2.24) is 0 Å². The smallest absolute Gasteiger partial charge is 0.342 e. The average Bonchev–Trinajstić information content (AvgIpc) is 2.26. The molecule has 0 radical (unpaired) electrons. The van der Waals surface area contributed by atoms with E-state index < -0.39 is 23.2 Å². The highest BCUT2D eigenvalue weighted by Crippen LogP contribution is 2.12. The Kier molecular flexibility index (Phi) is 4.38. The normalized spacial score (nSPS) is 11.5. The molecule has 0 aliphatic carbocycles. The quantitative estimate of drug-likeness (QED) is 0.461. The van der Waals surface area contributed by atoms with Crippen LogP contribution in [-0.2, 0) is 14.3 Å². The maximum absolute atomic E-state index is 11.9. The van der Waals surface area contributed by atoms with E-state index in [1.54, 1.807) is 19.9 Å². The lowest BCUT2D eigenvalue weighted by molar-refractivity contribution is 0.249. The third-order valence-electron chi connectivity index (χ3n) is 1.94. The van der Waals surface area contributed by atoms with Crippen molar-refractivity contribution in [3.63, 3.8) is 0 Å². The van der Waals surface area contributed by atoms with Gasteiger partial charge in [0.1, 0.15) is 0 Å². The molecule has 8 heteroatoms. The van der Waals surface area contributed by atoms with Crippen LogP contribution in [0.4, 0.5) is 0 Å². The Bertz CT molecular complexity index is 503. The van der Waals surface area contributed by atoms with Crippen molar-refractivity contribution < 1.29 is 12.6 Å². The first-order valence-corrected chi connectivity index (χ1v) is 6.39. The molecule has 17 heavy (non-hydrogen) atoms. The van der Waals surface area contributed by atoms with E-state index in [-0.39, 0.29) is 10.4 Å². The van der Waals surface area contributed by atoms with Crippen LogP contribution < -0.4 is 11.1 Å². The molecule has 0 aromatic heterocycles. The molecule has 0 aliphatic heterocycles. The van der Waals surface area contributed by atoms with Gasteiger partial charge in [0.15, 0.2) is 0 Å². The molecule has 1 aromatic carbocycles. The summed E-state index contributed by atoms with van der Waals surface area (Å²) in [4.78, 5) is 10.3. The summed E-state index contributed by atoms with van der Waals surface area (Å²) in [5.74, 6) is 0. The zero-order valence-electron chi connectivity index (χ0n) is 9.53. The molecule has 0 heterocycles. The second kappa shape index (κ2) is 5.39. The standard InChI is InChI=1S/C9H13BN2O4S/c1-7(2)16-17(14,15)9-6-4-3-5-8(9)10(11)12-13/h3-7H,11H2,1-2H3. The first-order chi connectivity index (χ1) is 7.88. The lowest BCUT2D eigenvalue weighted by Gasteiger charge is -2.11. The number of rotatable bonds is 5. The molecular formula is C9H13BN2O4S. The van der Waals surface area contributed by atoms with Gasteiger partial charge in [-0.15, -0.1) is 5.09 Å². The van der Waals surface area contributed by atoms with E-state index in [0.29, 0.717) is 0 Å². The summed E-state index contributed by atoms with van der Waals surface area (Å²) in [6, 6.07) is 5.87. The van der Waals surface area contributed by atoms with Gasteiger partial charge in [-0.25, -0.2) is 0 Å². The Hall–Kier alpha value is -1.25. The maximum Gasteiger partial charge on any atom is 0.448 e. The first-order valence-electron chi connectivity index (χ1n) is 4.98. The predicted molar refractivity (Wildman–Crippen MR) is 65.2 cm³/mol. The van der Waals surface area contributed by atoms with E-state index in [0.717, 1.165) is 0 Å². The number of nitroso groups, excluding NO2 is 1. The molecule has 1 rings (SSSR count). The van der Waals surface area contributed by atoms with Crippen molar-refractivity contribution >= 4 is 22.6 Å². The van der Waals surface area contributed by atoms with Gasteiger partial charge >= 0.3 is 6.98 Å². The second-order valence-corrected chi connectivity index (χ2v) is 5.23. The zero-order valence-corrected chi connectivity index (χ0v) is 10.3. The minimum atomic E-state index is -3.92. The van der Waals surface area contributed by atoms with Crippen LogP contribution in [0.3, 0.4) is 0 Å². The van der Waals surface area contributed by atoms with E-state index in [1.807, 2.05) is 0 Å². The van der Waals surface area contributed by atoms with Gasteiger partial charge < -0.3 is 5.64 Å². The average molecular weight is 256 g/mol. The molecule has 0 saturated heterocycles. The topological polar surface area (TPSA) is 98.8 Å². The molecule has 0 atom stereocenters. The molecule has 1 aromatic rings. The molecule has 0 unspecified atom stereocenters. The third-order valence-corrected chi connectivity index (χ3v) is 3.49. The van der Waals surface area contributed by atoms with Crippen LogP contribution >= 0.6 is 0 Å². The van der Waals surface area contributed by atoms with Gasteiger partial charge in [0.2, 0.25) is 0 Å². The van der Waals surface area contributed by atoms with E-state index in [4.69, 9.17) is 9.83 Å². The molecule has 0 spiro atoms. The molecular weight excluding hydrogens is 243 g/mol. The number of hydrogen-bond acceptors (Lipinski definition) is 6. The van der Waals surface area contributed by atoms with Crippen LogP contribution in [0.1, 0.15) is 13.8 Å². The van der Waals surface area contributed by atoms with E-state index in [9.17, 15) is 13.3 Å². The van der Waals surface area contributed by atoms with Crippen molar-refractivity contribution in [1.29, 1.82) is 0 Å². The van der Waals surface area contributed by atoms with Crippen LogP contribution in [0.25, 0.3) is 0 Å². The first kappa shape index (κ1) is 13.8. The number of hydrogen-bond donors (Lipinski definition) is 1. The molecule has 0 fully saturated rings. The number of benzene rings is 1. The largest absolute Gasteiger partial charge is 0.448 e. The van der Waals surface area contributed by atoms with Gasteiger partial charge in [-0.05, 0) is 25.4 Å². The van der Waals surface area contributed by atoms with Gasteiger partial charge in [-0.3, -0.25) is 4.18 Å². The SMILES string of the molecule is CC(C)OS(=O)(=O)c1ccccc1B(N)N=O. The molecule has 2 N–H and O–H groups in total. The molecule has 0 saturated carbocycles. The van der Waals surface area contributed by atoms with Crippen molar-refractivity contribution in [2.75, 3.05) is 0 Å². The van der Waals surface area contributed by atoms with Crippen molar-refractivity contribution in [3.05, 3.63) is 29.2 Å². The van der Waals surface area contributed by atoms with Crippen LogP contribution in [0, 0.1) is 4.91 Å². The molecule has 0 amide bonds. The monoisotopic (exact) mass is 256 g/mol. The molecule has 0 bridgehead atoms. The fourth-order valence-electron chi connectivity index (χ4n) is 1.31. The second-order valence-electron chi connectivity index (χ2n) is 3.69. The maximum atomic E-state index is 11.9. The summed E-state index contributed by atoms with van der Waals surface area (Å²) in [6.45, 7) is 1.97. The molecule has 0 aliphatic rings. The van der Waals surface area contributed by atoms with E-state index in [1.165, 1.54) is 18.2 Å². The Labute approximate surface area is 100 Å². The van der Waals surface area contributed by atoms with Gasteiger partial charge in [-0.1, -0.05) is 18.2 Å². The Morgan fingerprint density at radius 1 is 1.35 bits per heavy atom. The van der Waals surface area contributed by atoms with Crippen LogP contribution in [0.5, 0.6) is 0 Å². The minimum absolute atomic E-state index is 0.124. The Morgan fingerprint density at radius 3 is 2.47 bits per heavy atom. The van der Waals surface area contributed by atoms with E-state index in [2.05, 4.69) is 5.09 Å². The number of nitrogens with zero attached hydrogens (tertiary/aromatic N) is 1. The van der Waals surface area contributed by atoms with Gasteiger partial charge in [0.25, 0.3) is 10.1 Å². The molecule has 6 nitrogen and oxygen atoms in total. The summed E-state index contributed by atoms with van der Waals surface area (Å²) in [5.41, 5.74) is 5.55. The summed E-state index contributed by atoms with van der Waals surface area (Å²) in [7, 11) is -3.92. The van der Waals surface area contributed by atoms with Gasteiger partial charge in [0, 0.05) is 0 Å². The highest BCUT2D eigenvalue weighted by molar-refractivity contribution is 7.87. The van der Waals surface area contributed by atoms with Gasteiger partial charge in [-0.2, -0.15) is 13.3 Å². The summed E-state index contributed by atoms with van der Waals surface area (Å²) < 4.78 is 28.6. The van der Waals surface area contributed by atoms with Crippen LogP contribution in [0.2, 0.25) is 0 Å². The molecule has 92 valence electrons. The van der Waals surface area contributed by atoms with Gasteiger partial charge in [0.05, 0.1) is 11.0 Å². The van der Waals surface area contributed by atoms with Crippen molar-refractivity contribution in [2.45, 2.75) is 24.8 Å². The lowest BCUT2D eigenvalue weighted by Crippen LogP contribution is -2.41. The third kappa shape index (κ3) is 3.35. The van der Waals surface area contributed by atoms with Crippen molar-refractivity contribution in [2.24, 2.45) is 10.7 Å². The lowest BCUT2D eigenvalue weighted by atomic mass is 9.71. The van der Waals surface area contributed by atoms with Crippen LogP contribution in [0.15, 0.2) is 34.2 Å². The van der Waals surface area contributed by atoms with Crippen LogP contribution in [-0.4, -0.2) is 21.5 Å². The summed E-state index contributed by atoms with van der Waals surface area (Å²) in [6.07, 6.45) is -0.492.